The predicted octanol–water partition coefficient (Wildman–Crippen LogP) is 2.46. The average Bonchev–Trinajstić information content (AvgIpc) is 1.98. The van der Waals surface area contributed by atoms with Gasteiger partial charge in [0, 0.05) is 12.0 Å². The van der Waals surface area contributed by atoms with Crippen LogP contribution in [0.3, 0.4) is 0 Å². The molecule has 70 valence electrons. The van der Waals surface area contributed by atoms with Crippen LogP contribution in [0.2, 0.25) is 0 Å². The van der Waals surface area contributed by atoms with Gasteiger partial charge in [-0.15, -0.1) is 0 Å². The van der Waals surface area contributed by atoms with Gasteiger partial charge in [-0.1, -0.05) is 13.3 Å². The Morgan fingerprint density at radius 1 is 1.42 bits per heavy atom. The van der Waals surface area contributed by atoms with Gasteiger partial charge in [-0.2, -0.15) is 5.26 Å². The van der Waals surface area contributed by atoms with Gasteiger partial charge in [0.2, 0.25) is 0 Å². The van der Waals surface area contributed by atoms with E-state index in [1.165, 1.54) is 12.8 Å². The molecule has 0 saturated carbocycles. The minimum absolute atomic E-state index is 0.240. The van der Waals surface area contributed by atoms with E-state index in [0.29, 0.717) is 6.42 Å². The highest BCUT2D eigenvalue weighted by molar-refractivity contribution is 4.77. The lowest BCUT2D eigenvalue weighted by Crippen LogP contribution is -2.39. The Bertz CT molecular complexity index is 144. The lowest BCUT2D eigenvalue weighted by atomic mass is 9.99. The smallest absolute Gasteiger partial charge is 0.0622 e. The first-order valence-corrected chi connectivity index (χ1v) is 4.74. The van der Waals surface area contributed by atoms with Crippen LogP contribution in [0.15, 0.2) is 0 Å². The van der Waals surface area contributed by atoms with Crippen LogP contribution in [0, 0.1) is 11.3 Å². The molecular formula is C10H20N2. The van der Waals surface area contributed by atoms with Crippen LogP contribution < -0.4 is 5.32 Å². The molecule has 0 aromatic heterocycles. The average molecular weight is 168 g/mol. The zero-order chi connectivity index (χ0) is 9.45. The Labute approximate surface area is 76.0 Å². The Hall–Kier alpha value is -0.550. The number of hydrogen-bond donors (Lipinski definition) is 1. The summed E-state index contributed by atoms with van der Waals surface area (Å²) in [5.74, 6) is 0. The van der Waals surface area contributed by atoms with Crippen molar-refractivity contribution in [3.8, 4) is 6.07 Å². The van der Waals surface area contributed by atoms with E-state index in [1.807, 2.05) is 0 Å². The maximum Gasteiger partial charge on any atom is 0.0622 e. The molecule has 1 N–H and O–H groups in total. The van der Waals surface area contributed by atoms with Crippen LogP contribution >= 0.6 is 0 Å². The second-order valence-electron chi connectivity index (χ2n) is 3.82. The molecule has 0 heterocycles. The van der Waals surface area contributed by atoms with Crippen molar-refractivity contribution in [1.29, 1.82) is 5.26 Å². The predicted molar refractivity (Wildman–Crippen MR) is 51.8 cm³/mol. The SMILES string of the molecule is CCCC(C)(C)NCCCC#N. The third kappa shape index (κ3) is 6.18. The van der Waals surface area contributed by atoms with Crippen LogP contribution in [0.5, 0.6) is 0 Å². The van der Waals surface area contributed by atoms with E-state index >= 15 is 0 Å². The fraction of sp³-hybridized carbons (Fsp3) is 0.900. The third-order valence-corrected chi connectivity index (χ3v) is 1.94. The minimum atomic E-state index is 0.240. The monoisotopic (exact) mass is 168 g/mol. The van der Waals surface area contributed by atoms with Gasteiger partial charge in [0.15, 0.2) is 0 Å². The molecule has 0 aliphatic carbocycles. The van der Waals surface area contributed by atoms with E-state index in [1.54, 1.807) is 0 Å². The molecular weight excluding hydrogens is 148 g/mol. The maximum atomic E-state index is 8.32. The summed E-state index contributed by atoms with van der Waals surface area (Å²) in [6, 6.07) is 2.15. The van der Waals surface area contributed by atoms with Crippen LogP contribution in [0.4, 0.5) is 0 Å². The molecule has 0 aromatic carbocycles. The molecule has 0 aliphatic rings. The molecule has 2 heteroatoms. The van der Waals surface area contributed by atoms with Gasteiger partial charge in [-0.3, -0.25) is 0 Å². The lowest BCUT2D eigenvalue weighted by molar-refractivity contribution is 0.358. The van der Waals surface area contributed by atoms with Gasteiger partial charge in [-0.05, 0) is 33.2 Å². The van der Waals surface area contributed by atoms with Crippen molar-refractivity contribution in [3.05, 3.63) is 0 Å². The van der Waals surface area contributed by atoms with E-state index in [0.717, 1.165) is 13.0 Å². The summed E-state index contributed by atoms with van der Waals surface area (Å²) in [7, 11) is 0. The zero-order valence-corrected chi connectivity index (χ0v) is 8.48. The molecule has 0 aliphatic heterocycles. The van der Waals surface area contributed by atoms with Gasteiger partial charge in [0.1, 0.15) is 0 Å². The molecule has 0 saturated heterocycles. The Morgan fingerprint density at radius 3 is 2.58 bits per heavy atom. The molecule has 0 fully saturated rings. The van der Waals surface area contributed by atoms with Crippen molar-refractivity contribution < 1.29 is 0 Å². The fourth-order valence-electron chi connectivity index (χ4n) is 1.31. The van der Waals surface area contributed by atoms with E-state index in [9.17, 15) is 0 Å². The van der Waals surface area contributed by atoms with Gasteiger partial charge >= 0.3 is 0 Å². The Kier molecular flexibility index (Phi) is 5.74. The third-order valence-electron chi connectivity index (χ3n) is 1.94. The number of nitrogens with zero attached hydrogens (tertiary/aromatic N) is 1. The molecule has 0 aromatic rings. The molecule has 0 amide bonds. The van der Waals surface area contributed by atoms with Gasteiger partial charge < -0.3 is 5.32 Å². The number of rotatable bonds is 6. The number of nitrogens with one attached hydrogen (secondary N) is 1. The highest BCUT2D eigenvalue weighted by atomic mass is 14.9. The standard InChI is InChI=1S/C10H20N2/c1-4-7-10(2,3)12-9-6-5-8-11/h12H,4-7,9H2,1-3H3. The van der Waals surface area contributed by atoms with Crippen molar-refractivity contribution in [1.82, 2.24) is 5.32 Å². The van der Waals surface area contributed by atoms with Crippen LogP contribution in [0.25, 0.3) is 0 Å². The second-order valence-corrected chi connectivity index (χ2v) is 3.82. The molecule has 0 rings (SSSR count). The minimum Gasteiger partial charge on any atom is -0.312 e. The normalized spacial score (nSPS) is 11.2. The first kappa shape index (κ1) is 11.4. The summed E-state index contributed by atoms with van der Waals surface area (Å²) in [6.45, 7) is 7.57. The zero-order valence-electron chi connectivity index (χ0n) is 8.48. The fourth-order valence-corrected chi connectivity index (χ4v) is 1.31. The van der Waals surface area contributed by atoms with Gasteiger partial charge in [0.25, 0.3) is 0 Å². The van der Waals surface area contributed by atoms with Gasteiger partial charge in [-0.25, -0.2) is 0 Å². The summed E-state index contributed by atoms with van der Waals surface area (Å²) in [4.78, 5) is 0. The number of unbranched alkanes of at least 4 members (excludes halogenated alkanes) is 1. The molecule has 0 radical (unpaired) electrons. The van der Waals surface area contributed by atoms with E-state index in [2.05, 4.69) is 32.2 Å². The maximum absolute atomic E-state index is 8.32. The summed E-state index contributed by atoms with van der Waals surface area (Å²) in [6.07, 6.45) is 4.02. The summed E-state index contributed by atoms with van der Waals surface area (Å²) in [5, 5.41) is 11.8. The lowest BCUT2D eigenvalue weighted by Gasteiger charge is -2.25. The number of hydrogen-bond acceptors (Lipinski definition) is 2. The van der Waals surface area contributed by atoms with Crippen LogP contribution in [-0.2, 0) is 0 Å². The van der Waals surface area contributed by atoms with Crippen LogP contribution in [-0.4, -0.2) is 12.1 Å². The molecule has 2 nitrogen and oxygen atoms in total. The highest BCUT2D eigenvalue weighted by Gasteiger charge is 2.13. The van der Waals surface area contributed by atoms with Crippen molar-refractivity contribution in [3.63, 3.8) is 0 Å². The quantitative estimate of drug-likeness (QED) is 0.618. The molecule has 0 unspecified atom stereocenters. The molecule has 0 spiro atoms. The number of nitriles is 1. The topological polar surface area (TPSA) is 35.8 Å². The van der Waals surface area contributed by atoms with E-state index in [-0.39, 0.29) is 5.54 Å². The first-order valence-electron chi connectivity index (χ1n) is 4.74. The first-order chi connectivity index (χ1) is 5.62. The van der Waals surface area contributed by atoms with Crippen molar-refractivity contribution >= 4 is 0 Å². The summed E-state index contributed by atoms with van der Waals surface area (Å²) in [5.41, 5.74) is 0.240. The Morgan fingerprint density at radius 2 is 2.08 bits per heavy atom. The largest absolute Gasteiger partial charge is 0.312 e. The highest BCUT2D eigenvalue weighted by Crippen LogP contribution is 2.10. The van der Waals surface area contributed by atoms with Crippen molar-refractivity contribution in [2.24, 2.45) is 0 Å². The summed E-state index contributed by atoms with van der Waals surface area (Å²) >= 11 is 0. The summed E-state index contributed by atoms with van der Waals surface area (Å²) < 4.78 is 0. The van der Waals surface area contributed by atoms with Crippen LogP contribution in [0.1, 0.15) is 46.5 Å². The van der Waals surface area contributed by atoms with Crippen molar-refractivity contribution in [2.75, 3.05) is 6.54 Å². The molecule has 0 bridgehead atoms. The van der Waals surface area contributed by atoms with Crippen molar-refractivity contribution in [2.45, 2.75) is 52.0 Å². The second kappa shape index (κ2) is 6.02. The molecule has 0 atom stereocenters. The Balaban J connectivity index is 3.41. The van der Waals surface area contributed by atoms with E-state index < -0.39 is 0 Å². The van der Waals surface area contributed by atoms with Gasteiger partial charge in [0.05, 0.1) is 6.07 Å². The molecule has 12 heavy (non-hydrogen) atoms. The van der Waals surface area contributed by atoms with E-state index in [4.69, 9.17) is 5.26 Å².